The Morgan fingerprint density at radius 3 is 2.70 bits per heavy atom. The van der Waals surface area contributed by atoms with E-state index in [9.17, 15) is 9.90 Å². The minimum Gasteiger partial charge on any atom is -0.391 e. The summed E-state index contributed by atoms with van der Waals surface area (Å²) in [5, 5.41) is 12.6. The maximum Gasteiger partial charge on any atom is 0.300 e. The van der Waals surface area contributed by atoms with Crippen LogP contribution in [0, 0.1) is 0 Å². The number of aliphatic hydroxyl groups is 1. The summed E-state index contributed by atoms with van der Waals surface area (Å²) < 4.78 is 1.74. The van der Waals surface area contributed by atoms with Gasteiger partial charge in [0.2, 0.25) is 0 Å². The van der Waals surface area contributed by atoms with E-state index in [0.29, 0.717) is 6.42 Å². The third-order valence-corrected chi connectivity index (χ3v) is 4.58. The number of carbonyl (C=O) groups excluding carboxylic acids is 1. The standard InChI is InChI=1S/C20H23N5O2/c1-13(26)18(25-11-17(23-12-25)19(27)24-20(21)22)10-9-15-7-4-6-14-5-2-3-8-16(14)15/h2-8,11-13,18,26H,9-10H2,1H3,(H4,21,22,24,27)/t13-,18-/m1/s1. The summed E-state index contributed by atoms with van der Waals surface area (Å²) >= 11 is 0. The lowest BCUT2D eigenvalue weighted by molar-refractivity contribution is 0.0997. The molecule has 0 fully saturated rings. The molecular weight excluding hydrogens is 342 g/mol. The van der Waals surface area contributed by atoms with Crippen LogP contribution in [0.15, 0.2) is 60.0 Å². The van der Waals surface area contributed by atoms with Gasteiger partial charge in [-0.1, -0.05) is 42.5 Å². The van der Waals surface area contributed by atoms with E-state index in [0.717, 1.165) is 6.42 Å². The number of aliphatic hydroxyl groups excluding tert-OH is 1. The number of aliphatic imine (C=N–C) groups is 1. The topological polar surface area (TPSA) is 120 Å². The third kappa shape index (κ3) is 4.32. The molecule has 0 bridgehead atoms. The Labute approximate surface area is 157 Å². The van der Waals surface area contributed by atoms with Crippen molar-refractivity contribution in [3.63, 3.8) is 0 Å². The summed E-state index contributed by atoms with van der Waals surface area (Å²) in [6, 6.07) is 14.2. The van der Waals surface area contributed by atoms with E-state index in [2.05, 4.69) is 34.2 Å². The molecule has 27 heavy (non-hydrogen) atoms. The van der Waals surface area contributed by atoms with Gasteiger partial charge in [-0.25, -0.2) is 4.98 Å². The van der Waals surface area contributed by atoms with Crippen LogP contribution in [0.2, 0.25) is 0 Å². The molecule has 0 saturated carbocycles. The molecule has 0 aliphatic heterocycles. The molecule has 0 saturated heterocycles. The molecule has 0 aliphatic carbocycles. The van der Waals surface area contributed by atoms with Crippen LogP contribution in [0.25, 0.3) is 10.8 Å². The van der Waals surface area contributed by atoms with Crippen molar-refractivity contribution in [1.29, 1.82) is 0 Å². The van der Waals surface area contributed by atoms with Gasteiger partial charge in [0.25, 0.3) is 5.91 Å². The fourth-order valence-electron chi connectivity index (χ4n) is 3.26. The third-order valence-electron chi connectivity index (χ3n) is 4.58. The van der Waals surface area contributed by atoms with Crippen molar-refractivity contribution in [2.24, 2.45) is 16.5 Å². The number of hydrogen-bond donors (Lipinski definition) is 3. The maximum absolute atomic E-state index is 11.9. The van der Waals surface area contributed by atoms with Crippen LogP contribution < -0.4 is 11.5 Å². The van der Waals surface area contributed by atoms with E-state index in [1.54, 1.807) is 17.7 Å². The first kappa shape index (κ1) is 18.6. The highest BCUT2D eigenvalue weighted by atomic mass is 16.3. The second-order valence-electron chi connectivity index (χ2n) is 6.53. The van der Waals surface area contributed by atoms with Crippen molar-refractivity contribution in [3.05, 3.63) is 66.2 Å². The molecule has 5 N–H and O–H groups in total. The largest absolute Gasteiger partial charge is 0.391 e. The zero-order chi connectivity index (χ0) is 19.4. The van der Waals surface area contributed by atoms with E-state index >= 15 is 0 Å². The van der Waals surface area contributed by atoms with Gasteiger partial charge < -0.3 is 21.1 Å². The minimum absolute atomic E-state index is 0.138. The van der Waals surface area contributed by atoms with Crippen LogP contribution in [-0.2, 0) is 6.42 Å². The minimum atomic E-state index is -0.611. The number of hydrogen-bond acceptors (Lipinski definition) is 3. The van der Waals surface area contributed by atoms with E-state index < -0.39 is 12.0 Å². The summed E-state index contributed by atoms with van der Waals surface area (Å²) in [5.74, 6) is -0.912. The van der Waals surface area contributed by atoms with Gasteiger partial charge in [-0.15, -0.1) is 0 Å². The van der Waals surface area contributed by atoms with E-state index in [1.165, 1.54) is 22.7 Å². The van der Waals surface area contributed by atoms with Crippen molar-refractivity contribution in [1.82, 2.24) is 9.55 Å². The van der Waals surface area contributed by atoms with Crippen LogP contribution in [0.5, 0.6) is 0 Å². The number of benzene rings is 2. The number of amides is 1. The lowest BCUT2D eigenvalue weighted by Gasteiger charge is -2.21. The Morgan fingerprint density at radius 2 is 1.96 bits per heavy atom. The predicted octanol–water partition coefficient (Wildman–Crippen LogP) is 2.00. The van der Waals surface area contributed by atoms with E-state index in [-0.39, 0.29) is 17.7 Å². The van der Waals surface area contributed by atoms with Gasteiger partial charge in [-0.05, 0) is 36.1 Å². The summed E-state index contributed by atoms with van der Waals surface area (Å²) in [5.41, 5.74) is 11.8. The number of aryl methyl sites for hydroxylation is 1. The molecule has 0 radical (unpaired) electrons. The van der Waals surface area contributed by atoms with Gasteiger partial charge in [0.1, 0.15) is 5.69 Å². The summed E-state index contributed by atoms with van der Waals surface area (Å²) in [6.07, 6.45) is 3.95. The number of nitrogens with two attached hydrogens (primary N) is 2. The summed E-state index contributed by atoms with van der Waals surface area (Å²) in [6.45, 7) is 1.73. The zero-order valence-electron chi connectivity index (χ0n) is 15.1. The number of carbonyl (C=O) groups is 1. The van der Waals surface area contributed by atoms with E-state index in [4.69, 9.17) is 11.5 Å². The van der Waals surface area contributed by atoms with Crippen LogP contribution >= 0.6 is 0 Å². The fourth-order valence-corrected chi connectivity index (χ4v) is 3.26. The quantitative estimate of drug-likeness (QED) is 0.456. The Bertz CT molecular complexity index is 968. The van der Waals surface area contributed by atoms with Crippen molar-refractivity contribution in [3.8, 4) is 0 Å². The van der Waals surface area contributed by atoms with Crippen molar-refractivity contribution in [2.45, 2.75) is 31.9 Å². The number of fused-ring (bicyclic) bond motifs is 1. The molecule has 140 valence electrons. The van der Waals surface area contributed by atoms with Gasteiger partial charge in [0.05, 0.1) is 18.5 Å². The molecule has 0 unspecified atom stereocenters. The van der Waals surface area contributed by atoms with Gasteiger partial charge in [-0.3, -0.25) is 4.79 Å². The highest BCUT2D eigenvalue weighted by Crippen LogP contribution is 2.24. The molecule has 0 aliphatic rings. The van der Waals surface area contributed by atoms with Crippen LogP contribution in [0.1, 0.15) is 35.4 Å². The highest BCUT2D eigenvalue weighted by Gasteiger charge is 2.19. The maximum atomic E-state index is 11.9. The molecule has 3 rings (SSSR count). The monoisotopic (exact) mass is 365 g/mol. The number of rotatable bonds is 6. The Hall–Kier alpha value is -3.19. The molecule has 7 nitrogen and oxygen atoms in total. The summed E-state index contributed by atoms with van der Waals surface area (Å²) in [7, 11) is 0. The average Bonchev–Trinajstić information content (AvgIpc) is 3.11. The second kappa shape index (κ2) is 8.01. The highest BCUT2D eigenvalue weighted by molar-refractivity contribution is 6.00. The number of aromatic nitrogens is 2. The van der Waals surface area contributed by atoms with E-state index in [1.807, 2.05) is 18.2 Å². The lowest BCUT2D eigenvalue weighted by Crippen LogP contribution is -2.24. The number of imidazole rings is 1. The molecule has 7 heteroatoms. The van der Waals surface area contributed by atoms with Crippen LogP contribution in [0.4, 0.5) is 0 Å². The second-order valence-corrected chi connectivity index (χ2v) is 6.53. The van der Waals surface area contributed by atoms with Gasteiger partial charge in [0, 0.05) is 6.20 Å². The lowest BCUT2D eigenvalue weighted by atomic mass is 9.97. The van der Waals surface area contributed by atoms with Crippen molar-refractivity contribution in [2.75, 3.05) is 0 Å². The molecule has 2 aromatic carbocycles. The predicted molar refractivity (Wildman–Crippen MR) is 105 cm³/mol. The molecule has 3 aromatic rings. The van der Waals surface area contributed by atoms with Gasteiger partial charge in [-0.2, -0.15) is 4.99 Å². The van der Waals surface area contributed by atoms with Crippen molar-refractivity contribution < 1.29 is 9.90 Å². The Morgan fingerprint density at radius 1 is 1.22 bits per heavy atom. The first-order valence-electron chi connectivity index (χ1n) is 8.78. The van der Waals surface area contributed by atoms with Gasteiger partial charge in [0.15, 0.2) is 5.96 Å². The molecule has 0 spiro atoms. The van der Waals surface area contributed by atoms with Crippen LogP contribution in [0.3, 0.4) is 0 Å². The number of nitrogens with zero attached hydrogens (tertiary/aromatic N) is 3. The molecule has 1 aromatic heterocycles. The van der Waals surface area contributed by atoms with Crippen LogP contribution in [-0.4, -0.2) is 32.6 Å². The first-order valence-corrected chi connectivity index (χ1v) is 8.78. The number of guanidine groups is 1. The molecule has 1 amide bonds. The van der Waals surface area contributed by atoms with Crippen molar-refractivity contribution >= 4 is 22.6 Å². The molecule has 2 atom stereocenters. The molecular formula is C20H23N5O2. The zero-order valence-corrected chi connectivity index (χ0v) is 15.1. The Kier molecular flexibility index (Phi) is 5.52. The van der Waals surface area contributed by atoms with Gasteiger partial charge >= 0.3 is 0 Å². The summed E-state index contributed by atoms with van der Waals surface area (Å²) in [4.78, 5) is 19.5. The normalized spacial score (nSPS) is 13.3. The fraction of sp³-hybridized carbons (Fsp3) is 0.250. The SMILES string of the molecule is C[C@@H](O)[C@@H](CCc1cccc2ccccc12)n1cnc(C(=O)N=C(N)N)c1. The smallest absolute Gasteiger partial charge is 0.300 e. The first-order chi connectivity index (χ1) is 13.0. The Balaban J connectivity index is 1.80. The average molecular weight is 365 g/mol. The molecule has 1 heterocycles.